The maximum absolute atomic E-state index is 14.9. The molecule has 31 heavy (non-hydrogen) atoms. The number of hydrogen-bond acceptors (Lipinski definition) is 4. The molecule has 1 atom stereocenters. The summed E-state index contributed by atoms with van der Waals surface area (Å²) in [5.41, 5.74) is 2.88. The van der Waals surface area contributed by atoms with Crippen molar-refractivity contribution in [3.63, 3.8) is 0 Å². The number of halogens is 2. The third kappa shape index (κ3) is 3.74. The van der Waals surface area contributed by atoms with Crippen LogP contribution in [0.5, 0.6) is 0 Å². The number of aliphatic imine (C=N–C) groups is 1. The van der Waals surface area contributed by atoms with Crippen LogP contribution in [0, 0.1) is 11.6 Å². The molecule has 156 valence electrons. The first kappa shape index (κ1) is 19.6. The number of fused-ring (bicyclic) bond motifs is 2. The quantitative estimate of drug-likeness (QED) is 0.394. The normalized spacial score (nSPS) is 15.4. The molecule has 1 aliphatic heterocycles. The van der Waals surface area contributed by atoms with Gasteiger partial charge in [0.05, 0.1) is 10.6 Å². The molecule has 5 rings (SSSR count). The summed E-state index contributed by atoms with van der Waals surface area (Å²) in [7, 11) is 0. The Balaban J connectivity index is 1.45. The number of benzene rings is 3. The molecule has 4 aromatic rings. The fourth-order valence-corrected chi connectivity index (χ4v) is 4.37. The van der Waals surface area contributed by atoms with Crippen molar-refractivity contribution in [2.45, 2.75) is 24.3 Å². The Kier molecular flexibility index (Phi) is 5.07. The zero-order chi connectivity index (χ0) is 21.4. The molecule has 0 fully saturated rings. The lowest BCUT2D eigenvalue weighted by Crippen LogP contribution is -2.30. The summed E-state index contributed by atoms with van der Waals surface area (Å²) in [6.45, 7) is 2.01. The van der Waals surface area contributed by atoms with Gasteiger partial charge in [-0.15, -0.1) is 0 Å². The molecular formula is C23H18F2N4OS. The molecule has 5 nitrogen and oxygen atoms in total. The molecule has 2 heterocycles. The van der Waals surface area contributed by atoms with Gasteiger partial charge in [-0.05, 0) is 47.8 Å². The predicted molar refractivity (Wildman–Crippen MR) is 118 cm³/mol. The van der Waals surface area contributed by atoms with Crippen LogP contribution < -0.4 is 10.0 Å². The third-order valence-corrected chi connectivity index (χ3v) is 6.03. The van der Waals surface area contributed by atoms with Gasteiger partial charge in [0.25, 0.3) is 0 Å². The molecule has 0 amide bonds. The van der Waals surface area contributed by atoms with Gasteiger partial charge in [0, 0.05) is 11.5 Å². The highest BCUT2D eigenvalue weighted by atomic mass is 32.2. The van der Waals surface area contributed by atoms with Crippen LogP contribution in [-0.4, -0.2) is 10.9 Å². The molecule has 1 aliphatic rings. The fraction of sp³-hybridized carbons (Fsp3) is 0.130. The molecular weight excluding hydrogens is 418 g/mol. The highest BCUT2D eigenvalue weighted by Crippen LogP contribution is 2.40. The highest BCUT2D eigenvalue weighted by Gasteiger charge is 2.26. The minimum absolute atomic E-state index is 0.216. The van der Waals surface area contributed by atoms with Crippen molar-refractivity contribution >= 4 is 34.7 Å². The summed E-state index contributed by atoms with van der Waals surface area (Å²) in [5.74, 6) is -0.318. The molecule has 3 aromatic carbocycles. The lowest BCUT2D eigenvalue weighted by Gasteiger charge is -2.26. The van der Waals surface area contributed by atoms with E-state index in [-0.39, 0.29) is 12.4 Å². The number of para-hydroxylation sites is 2. The van der Waals surface area contributed by atoms with Crippen LogP contribution >= 0.6 is 11.9 Å². The molecule has 0 saturated heterocycles. The number of oxazole rings is 1. The van der Waals surface area contributed by atoms with E-state index in [1.165, 1.54) is 24.1 Å². The molecule has 0 aliphatic carbocycles. The Morgan fingerprint density at radius 3 is 2.68 bits per heavy atom. The second-order valence-corrected chi connectivity index (χ2v) is 7.99. The van der Waals surface area contributed by atoms with Crippen LogP contribution in [-0.2, 0) is 6.54 Å². The first-order valence-electron chi connectivity index (χ1n) is 9.76. The Bertz CT molecular complexity index is 1270. The van der Waals surface area contributed by atoms with E-state index in [9.17, 15) is 8.78 Å². The summed E-state index contributed by atoms with van der Waals surface area (Å²) in [6.07, 6.45) is 0. The van der Waals surface area contributed by atoms with Crippen LogP contribution in [0.1, 0.15) is 29.9 Å². The van der Waals surface area contributed by atoms with Gasteiger partial charge >= 0.3 is 0 Å². The Morgan fingerprint density at radius 2 is 1.84 bits per heavy atom. The van der Waals surface area contributed by atoms with Crippen LogP contribution in [0.2, 0.25) is 0 Å². The number of guanidine groups is 1. The first-order chi connectivity index (χ1) is 15.1. The Morgan fingerprint density at radius 1 is 1.03 bits per heavy atom. The third-order valence-electron chi connectivity index (χ3n) is 5.17. The summed E-state index contributed by atoms with van der Waals surface area (Å²) in [4.78, 5) is 9.71. The van der Waals surface area contributed by atoms with Gasteiger partial charge in [0.15, 0.2) is 5.58 Å². The lowest BCUT2D eigenvalue weighted by molar-refractivity contribution is 0.533. The summed E-state index contributed by atoms with van der Waals surface area (Å²) >= 11 is 1.32. The van der Waals surface area contributed by atoms with Crippen LogP contribution in [0.3, 0.4) is 0 Å². The second-order valence-electron chi connectivity index (χ2n) is 7.15. The SMILES string of the molecule is CC(c1ccccc1F)c1c(F)ccc2c1NC(=NCc1nc3ccccc3o1)NS2. The van der Waals surface area contributed by atoms with Crippen molar-refractivity contribution in [1.82, 2.24) is 9.71 Å². The van der Waals surface area contributed by atoms with Gasteiger partial charge in [-0.3, -0.25) is 4.72 Å². The van der Waals surface area contributed by atoms with Crippen LogP contribution in [0.15, 0.2) is 75.0 Å². The Labute approximate surface area is 181 Å². The molecule has 0 saturated carbocycles. The number of nitrogens with one attached hydrogen (secondary N) is 2. The molecule has 1 unspecified atom stereocenters. The molecule has 8 heteroatoms. The number of rotatable bonds is 4. The smallest absolute Gasteiger partial charge is 0.217 e. The largest absolute Gasteiger partial charge is 0.439 e. The van der Waals surface area contributed by atoms with E-state index in [2.05, 4.69) is 20.0 Å². The minimum atomic E-state index is -0.486. The van der Waals surface area contributed by atoms with E-state index in [4.69, 9.17) is 4.42 Å². The van der Waals surface area contributed by atoms with E-state index in [1.807, 2.05) is 24.3 Å². The average Bonchev–Trinajstić information content (AvgIpc) is 3.20. The minimum Gasteiger partial charge on any atom is -0.439 e. The molecule has 0 radical (unpaired) electrons. The van der Waals surface area contributed by atoms with Crippen molar-refractivity contribution in [3.8, 4) is 0 Å². The number of anilines is 1. The van der Waals surface area contributed by atoms with Gasteiger partial charge in [-0.25, -0.2) is 18.8 Å². The van der Waals surface area contributed by atoms with Crippen LogP contribution in [0.4, 0.5) is 14.5 Å². The summed E-state index contributed by atoms with van der Waals surface area (Å²) in [5, 5.41) is 3.17. The second kappa shape index (κ2) is 8.03. The van der Waals surface area contributed by atoms with E-state index in [0.717, 1.165) is 10.4 Å². The van der Waals surface area contributed by atoms with Crippen molar-refractivity contribution in [3.05, 3.63) is 89.3 Å². The van der Waals surface area contributed by atoms with E-state index in [1.54, 1.807) is 31.2 Å². The molecule has 2 N–H and O–H groups in total. The number of nitrogens with zero attached hydrogens (tertiary/aromatic N) is 2. The average molecular weight is 436 g/mol. The summed E-state index contributed by atoms with van der Waals surface area (Å²) in [6, 6.07) is 17.0. The van der Waals surface area contributed by atoms with E-state index in [0.29, 0.717) is 34.2 Å². The maximum Gasteiger partial charge on any atom is 0.217 e. The lowest BCUT2D eigenvalue weighted by atomic mass is 9.91. The topological polar surface area (TPSA) is 62.5 Å². The predicted octanol–water partition coefficient (Wildman–Crippen LogP) is 5.84. The van der Waals surface area contributed by atoms with Crippen LogP contribution in [0.25, 0.3) is 11.1 Å². The van der Waals surface area contributed by atoms with Crippen molar-refractivity contribution < 1.29 is 13.2 Å². The van der Waals surface area contributed by atoms with Gasteiger partial charge in [-0.1, -0.05) is 37.3 Å². The fourth-order valence-electron chi connectivity index (χ4n) is 3.65. The first-order valence-corrected chi connectivity index (χ1v) is 10.6. The zero-order valence-corrected chi connectivity index (χ0v) is 17.3. The van der Waals surface area contributed by atoms with Crippen molar-refractivity contribution in [1.29, 1.82) is 0 Å². The standard InChI is InChI=1S/C23H18F2N4OS/c1-13(14-6-2-3-7-15(14)24)21-16(25)10-11-19-22(21)28-23(29-31-19)26-12-20-27-17-8-4-5-9-18(17)30-20/h2-11,13H,12H2,1H3,(H2,26,28,29). The van der Waals surface area contributed by atoms with Gasteiger partial charge < -0.3 is 9.73 Å². The van der Waals surface area contributed by atoms with Crippen molar-refractivity contribution in [2.75, 3.05) is 5.32 Å². The summed E-state index contributed by atoms with van der Waals surface area (Å²) < 4.78 is 38.0. The molecule has 0 bridgehead atoms. The zero-order valence-electron chi connectivity index (χ0n) is 16.5. The van der Waals surface area contributed by atoms with Gasteiger partial charge in [-0.2, -0.15) is 0 Å². The van der Waals surface area contributed by atoms with E-state index < -0.39 is 11.7 Å². The van der Waals surface area contributed by atoms with E-state index >= 15 is 0 Å². The molecule has 1 aromatic heterocycles. The van der Waals surface area contributed by atoms with Crippen molar-refractivity contribution in [2.24, 2.45) is 4.99 Å². The molecule has 0 spiro atoms. The number of hydrogen-bond donors (Lipinski definition) is 2. The van der Waals surface area contributed by atoms with Gasteiger partial charge in [0.1, 0.15) is 23.7 Å². The monoisotopic (exact) mass is 436 g/mol. The highest BCUT2D eigenvalue weighted by molar-refractivity contribution is 7.98. The Hall–Kier alpha value is -3.39. The maximum atomic E-state index is 14.9. The van der Waals surface area contributed by atoms with Gasteiger partial charge in [0.2, 0.25) is 11.9 Å². The number of aromatic nitrogens is 1.